The third-order valence-electron chi connectivity index (χ3n) is 4.32. The topological polar surface area (TPSA) is 160 Å². The van der Waals surface area contributed by atoms with Gasteiger partial charge in [-0.2, -0.15) is 0 Å². The predicted molar refractivity (Wildman–Crippen MR) is 96.6 cm³/mol. The molecule has 0 saturated carbocycles. The number of nitrogens with one attached hydrogen (secondary N) is 1. The number of hydrogen-bond donors (Lipinski definition) is 5. The van der Waals surface area contributed by atoms with E-state index in [2.05, 4.69) is 10.3 Å². The smallest absolute Gasteiger partial charge is 0.242 e. The first kappa shape index (κ1) is 21.2. The maximum atomic E-state index is 12.1. The number of aliphatic hydroxyl groups excluding tert-OH is 1. The quantitative estimate of drug-likeness (QED) is 0.174. The Morgan fingerprint density at radius 2 is 1.96 bits per heavy atom. The van der Waals surface area contributed by atoms with E-state index in [1.807, 2.05) is 0 Å². The molecule has 0 aromatic carbocycles. The molecule has 1 heterocycles. The summed E-state index contributed by atoms with van der Waals surface area (Å²) in [4.78, 5) is 29.6. The van der Waals surface area contributed by atoms with E-state index >= 15 is 0 Å². The lowest BCUT2D eigenvalue weighted by Gasteiger charge is -2.27. The normalized spacial score (nSPS) is 18.0. The molecule has 1 rings (SSSR count). The van der Waals surface area contributed by atoms with Crippen LogP contribution in [0.15, 0.2) is 4.99 Å². The van der Waals surface area contributed by atoms with Crippen LogP contribution in [0.5, 0.6) is 0 Å². The zero-order valence-electron chi connectivity index (χ0n) is 14.8. The summed E-state index contributed by atoms with van der Waals surface area (Å²) in [6.07, 6.45) is 5.86. The molecule has 1 aliphatic rings. The number of hydrogen-bond acceptors (Lipinski definition) is 5. The van der Waals surface area contributed by atoms with Crippen molar-refractivity contribution in [1.82, 2.24) is 10.2 Å². The van der Waals surface area contributed by atoms with Gasteiger partial charge in [-0.25, -0.2) is 0 Å². The fourth-order valence-electron chi connectivity index (χ4n) is 2.91. The minimum absolute atomic E-state index is 0.00465. The van der Waals surface area contributed by atoms with Gasteiger partial charge in [-0.3, -0.25) is 14.6 Å². The van der Waals surface area contributed by atoms with Crippen LogP contribution in [0.1, 0.15) is 44.9 Å². The molecule has 0 aromatic heterocycles. The first-order valence-electron chi connectivity index (χ1n) is 8.94. The van der Waals surface area contributed by atoms with E-state index in [0.29, 0.717) is 26.1 Å². The molecule has 1 fully saturated rings. The van der Waals surface area contributed by atoms with E-state index < -0.39 is 6.04 Å². The van der Waals surface area contributed by atoms with Gasteiger partial charge in [-0.1, -0.05) is 12.8 Å². The zero-order chi connectivity index (χ0) is 18.7. The second-order valence-corrected chi connectivity index (χ2v) is 6.39. The Bertz CT molecular complexity index is 453. The molecule has 1 saturated heterocycles. The summed E-state index contributed by atoms with van der Waals surface area (Å²) in [6.45, 7) is 1.32. The summed E-state index contributed by atoms with van der Waals surface area (Å²) < 4.78 is 0. The first-order valence-corrected chi connectivity index (χ1v) is 8.94. The molecule has 0 bridgehead atoms. The number of aliphatic imine (C=N–C) groups is 1. The van der Waals surface area contributed by atoms with Gasteiger partial charge in [-0.05, 0) is 25.7 Å². The molecular formula is C16H32N6O3. The number of amides is 2. The maximum Gasteiger partial charge on any atom is 0.242 e. The van der Waals surface area contributed by atoms with E-state index in [1.54, 1.807) is 4.90 Å². The van der Waals surface area contributed by atoms with Crippen molar-refractivity contribution >= 4 is 17.8 Å². The monoisotopic (exact) mass is 356 g/mol. The second-order valence-electron chi connectivity index (χ2n) is 6.39. The number of likely N-dealkylation sites (tertiary alicyclic amines) is 1. The van der Waals surface area contributed by atoms with Crippen molar-refractivity contribution in [2.24, 2.45) is 22.2 Å². The SMILES string of the molecule is NC(N)=NCCCCCCC(=O)NC[C@@H]1CCCN1C(=O)[C@@H](N)CO. The standard InChI is InChI=1S/C16H32N6O3/c17-13(11-23)15(25)22-9-5-6-12(22)10-21-14(24)7-3-1-2-4-8-20-16(18)19/h12-13,23H,1-11,17H2,(H,21,24)(H4,18,19,20)/t12-,13-/m0/s1. The summed E-state index contributed by atoms with van der Waals surface area (Å²) in [5, 5.41) is 11.9. The Morgan fingerprint density at radius 3 is 2.64 bits per heavy atom. The average molecular weight is 356 g/mol. The summed E-state index contributed by atoms with van der Waals surface area (Å²) in [7, 11) is 0. The highest BCUT2D eigenvalue weighted by Crippen LogP contribution is 2.17. The molecule has 0 unspecified atom stereocenters. The predicted octanol–water partition coefficient (Wildman–Crippen LogP) is -1.36. The molecule has 2 amide bonds. The van der Waals surface area contributed by atoms with Gasteiger partial charge in [0, 0.05) is 32.1 Å². The number of nitrogens with two attached hydrogens (primary N) is 3. The van der Waals surface area contributed by atoms with Gasteiger partial charge in [0.1, 0.15) is 6.04 Å². The van der Waals surface area contributed by atoms with Crippen LogP contribution in [0.3, 0.4) is 0 Å². The van der Waals surface area contributed by atoms with E-state index in [0.717, 1.165) is 38.5 Å². The highest BCUT2D eigenvalue weighted by Gasteiger charge is 2.31. The third kappa shape index (κ3) is 8.17. The molecular weight excluding hydrogens is 324 g/mol. The van der Waals surface area contributed by atoms with Gasteiger partial charge in [0.2, 0.25) is 11.8 Å². The van der Waals surface area contributed by atoms with Gasteiger partial charge in [0.15, 0.2) is 5.96 Å². The third-order valence-corrected chi connectivity index (χ3v) is 4.32. The van der Waals surface area contributed by atoms with Crippen LogP contribution in [0.4, 0.5) is 0 Å². The summed E-state index contributed by atoms with van der Waals surface area (Å²) in [5.41, 5.74) is 16.1. The number of carbonyl (C=O) groups excluding carboxylic acids is 2. The molecule has 9 heteroatoms. The lowest BCUT2D eigenvalue weighted by atomic mass is 10.1. The Kier molecular flexibility index (Phi) is 9.86. The van der Waals surface area contributed by atoms with Crippen LogP contribution in [0.2, 0.25) is 0 Å². The number of unbranched alkanes of at least 4 members (excludes halogenated alkanes) is 3. The van der Waals surface area contributed by atoms with Crippen molar-refractivity contribution in [2.75, 3.05) is 26.2 Å². The van der Waals surface area contributed by atoms with Crippen LogP contribution in [-0.4, -0.2) is 66.1 Å². The summed E-state index contributed by atoms with van der Waals surface area (Å²) in [6, 6.07) is -0.913. The molecule has 0 aliphatic carbocycles. The average Bonchev–Trinajstić information content (AvgIpc) is 3.05. The van der Waals surface area contributed by atoms with Gasteiger partial charge >= 0.3 is 0 Å². The van der Waals surface area contributed by atoms with Crippen LogP contribution in [0, 0.1) is 0 Å². The number of carbonyl (C=O) groups is 2. The number of guanidine groups is 1. The fraction of sp³-hybridized carbons (Fsp3) is 0.812. The Balaban J connectivity index is 2.16. The molecule has 2 atom stereocenters. The lowest BCUT2D eigenvalue weighted by Crippen LogP contribution is -2.50. The lowest BCUT2D eigenvalue weighted by molar-refractivity contribution is -0.134. The number of rotatable bonds is 11. The van der Waals surface area contributed by atoms with E-state index in [4.69, 9.17) is 22.3 Å². The van der Waals surface area contributed by atoms with Crippen molar-refractivity contribution in [1.29, 1.82) is 0 Å². The van der Waals surface area contributed by atoms with Crippen molar-refractivity contribution < 1.29 is 14.7 Å². The molecule has 0 radical (unpaired) electrons. The van der Waals surface area contributed by atoms with E-state index in [1.165, 1.54) is 0 Å². The second kappa shape index (κ2) is 11.6. The number of aliphatic hydroxyl groups is 1. The fourth-order valence-corrected chi connectivity index (χ4v) is 2.91. The van der Waals surface area contributed by atoms with Crippen molar-refractivity contribution in [3.63, 3.8) is 0 Å². The van der Waals surface area contributed by atoms with Gasteiger partial charge in [0.25, 0.3) is 0 Å². The zero-order valence-corrected chi connectivity index (χ0v) is 14.8. The van der Waals surface area contributed by atoms with Gasteiger partial charge in [-0.15, -0.1) is 0 Å². The molecule has 0 spiro atoms. The minimum atomic E-state index is -0.879. The summed E-state index contributed by atoms with van der Waals surface area (Å²) >= 11 is 0. The van der Waals surface area contributed by atoms with Crippen LogP contribution >= 0.6 is 0 Å². The maximum absolute atomic E-state index is 12.1. The van der Waals surface area contributed by atoms with Crippen molar-refractivity contribution in [3.8, 4) is 0 Å². The van der Waals surface area contributed by atoms with E-state index in [-0.39, 0.29) is 30.4 Å². The van der Waals surface area contributed by atoms with Gasteiger partial charge < -0.3 is 32.5 Å². The highest BCUT2D eigenvalue weighted by atomic mass is 16.3. The van der Waals surface area contributed by atoms with Gasteiger partial charge in [0.05, 0.1) is 6.61 Å². The Labute approximate surface area is 149 Å². The molecule has 25 heavy (non-hydrogen) atoms. The Morgan fingerprint density at radius 1 is 1.24 bits per heavy atom. The molecule has 144 valence electrons. The minimum Gasteiger partial charge on any atom is -0.394 e. The first-order chi connectivity index (χ1) is 12.0. The van der Waals surface area contributed by atoms with E-state index in [9.17, 15) is 9.59 Å². The van der Waals surface area contributed by atoms with Crippen molar-refractivity contribution in [2.45, 2.75) is 57.0 Å². The molecule has 8 N–H and O–H groups in total. The number of nitrogens with zero attached hydrogens (tertiary/aromatic N) is 2. The largest absolute Gasteiger partial charge is 0.394 e. The Hall–Kier alpha value is -1.87. The van der Waals surface area contributed by atoms with Crippen molar-refractivity contribution in [3.05, 3.63) is 0 Å². The van der Waals surface area contributed by atoms with Crippen LogP contribution < -0.4 is 22.5 Å². The van der Waals surface area contributed by atoms with Crippen LogP contribution in [-0.2, 0) is 9.59 Å². The summed E-state index contributed by atoms with van der Waals surface area (Å²) in [5.74, 6) is -0.145. The highest BCUT2D eigenvalue weighted by molar-refractivity contribution is 5.82. The van der Waals surface area contributed by atoms with Crippen LogP contribution in [0.25, 0.3) is 0 Å². The molecule has 1 aliphatic heterocycles. The molecule has 0 aromatic rings. The molecule has 9 nitrogen and oxygen atoms in total.